The van der Waals surface area contributed by atoms with Crippen molar-refractivity contribution in [2.75, 3.05) is 37.6 Å². The zero-order valence-electron chi connectivity index (χ0n) is 13.5. The van der Waals surface area contributed by atoms with Gasteiger partial charge in [-0.15, -0.1) is 0 Å². The highest BCUT2D eigenvalue weighted by molar-refractivity contribution is 5.74. The summed E-state index contributed by atoms with van der Waals surface area (Å²) in [5, 5.41) is 29.3. The molecule has 0 bridgehead atoms. The number of benzene rings is 1. The second kappa shape index (κ2) is 6.33. The zero-order chi connectivity index (χ0) is 16.7. The molecule has 0 aliphatic carbocycles. The van der Waals surface area contributed by atoms with Crippen LogP contribution in [0.3, 0.4) is 0 Å². The normalized spacial score (nSPS) is 31.9. The van der Waals surface area contributed by atoms with Gasteiger partial charge in [0.1, 0.15) is 11.6 Å². The van der Waals surface area contributed by atoms with Crippen LogP contribution < -0.4 is 4.90 Å². The molecule has 7 nitrogen and oxygen atoms in total. The van der Waals surface area contributed by atoms with Crippen molar-refractivity contribution in [3.8, 4) is 0 Å². The van der Waals surface area contributed by atoms with Gasteiger partial charge in [-0.05, 0) is 24.5 Å². The first-order valence-corrected chi connectivity index (χ1v) is 8.47. The van der Waals surface area contributed by atoms with Gasteiger partial charge in [-0.3, -0.25) is 4.90 Å². The van der Waals surface area contributed by atoms with Crippen molar-refractivity contribution in [1.29, 1.82) is 0 Å². The molecule has 0 saturated carbocycles. The molecule has 0 spiro atoms. The second-order valence-electron chi connectivity index (χ2n) is 6.91. The number of rotatable bonds is 3. The van der Waals surface area contributed by atoms with Crippen molar-refractivity contribution >= 4 is 17.1 Å². The van der Waals surface area contributed by atoms with E-state index in [1.54, 1.807) is 0 Å². The lowest BCUT2D eigenvalue weighted by molar-refractivity contribution is -0.111. The Balaban J connectivity index is 1.38. The van der Waals surface area contributed by atoms with Crippen LogP contribution in [0.5, 0.6) is 0 Å². The number of anilines is 1. The maximum atomic E-state index is 9.82. The van der Waals surface area contributed by atoms with Crippen LogP contribution in [0.25, 0.3) is 11.1 Å². The molecule has 130 valence electrons. The lowest BCUT2D eigenvalue weighted by atomic mass is 10.00. The quantitative estimate of drug-likeness (QED) is 0.731. The number of aromatic nitrogens is 1. The van der Waals surface area contributed by atoms with Crippen LogP contribution in [0.1, 0.15) is 6.42 Å². The Kier molecular flexibility index (Phi) is 4.17. The third-order valence-corrected chi connectivity index (χ3v) is 5.03. The highest BCUT2D eigenvalue weighted by Crippen LogP contribution is 2.27. The molecule has 3 N–H and O–H groups in total. The van der Waals surface area contributed by atoms with E-state index in [1.165, 1.54) is 0 Å². The highest BCUT2D eigenvalue weighted by atomic mass is 16.4. The fraction of sp³-hybridized carbons (Fsp3) is 0.588. The van der Waals surface area contributed by atoms with Crippen LogP contribution in [0.15, 0.2) is 28.7 Å². The first-order chi connectivity index (χ1) is 11.6. The number of likely N-dealkylation sites (tertiary alicyclic amines) is 1. The molecule has 2 fully saturated rings. The van der Waals surface area contributed by atoms with Crippen LogP contribution in [-0.2, 0) is 0 Å². The largest absolute Gasteiger partial charge is 0.423 e. The van der Waals surface area contributed by atoms with Gasteiger partial charge in [0.05, 0.1) is 12.2 Å². The molecule has 2 aliphatic rings. The van der Waals surface area contributed by atoms with Crippen LogP contribution in [0.2, 0.25) is 0 Å². The number of β-amino-alcohol motifs (C(OH)–C–C–N with tert-alkyl or cyclic N) is 2. The number of oxazole rings is 1. The molecule has 7 heteroatoms. The van der Waals surface area contributed by atoms with Crippen molar-refractivity contribution in [2.45, 2.75) is 24.7 Å². The molecule has 1 aromatic heterocycles. The molecular weight excluding hydrogens is 310 g/mol. The smallest absolute Gasteiger partial charge is 0.298 e. The molecule has 0 amide bonds. The fourth-order valence-electron chi connectivity index (χ4n) is 3.74. The maximum absolute atomic E-state index is 9.82. The van der Waals surface area contributed by atoms with Gasteiger partial charge in [-0.1, -0.05) is 12.1 Å². The van der Waals surface area contributed by atoms with Gasteiger partial charge in [0.25, 0.3) is 6.01 Å². The predicted molar refractivity (Wildman–Crippen MR) is 88.8 cm³/mol. The third-order valence-electron chi connectivity index (χ3n) is 5.03. The Morgan fingerprint density at radius 3 is 2.58 bits per heavy atom. The summed E-state index contributed by atoms with van der Waals surface area (Å²) >= 11 is 0. The van der Waals surface area contributed by atoms with E-state index in [9.17, 15) is 15.3 Å². The molecule has 0 radical (unpaired) electrons. The summed E-state index contributed by atoms with van der Waals surface area (Å²) in [6.45, 7) is 3.32. The molecule has 24 heavy (non-hydrogen) atoms. The van der Waals surface area contributed by atoms with E-state index in [1.807, 2.05) is 29.2 Å². The van der Waals surface area contributed by atoms with E-state index in [-0.39, 0.29) is 0 Å². The first kappa shape index (κ1) is 15.8. The van der Waals surface area contributed by atoms with E-state index < -0.39 is 18.3 Å². The fourth-order valence-corrected chi connectivity index (χ4v) is 3.74. The third kappa shape index (κ3) is 3.00. The molecule has 1 aromatic carbocycles. The molecule has 2 aromatic rings. The van der Waals surface area contributed by atoms with E-state index in [4.69, 9.17) is 4.42 Å². The van der Waals surface area contributed by atoms with Gasteiger partial charge in [0.15, 0.2) is 5.58 Å². The Labute approximate surface area is 140 Å². The Morgan fingerprint density at radius 1 is 1.08 bits per heavy atom. The van der Waals surface area contributed by atoms with Crippen molar-refractivity contribution in [3.05, 3.63) is 24.3 Å². The SMILES string of the molecule is OC1[C@H](O)CN(C[C@H]2CCN(c3nc4ccccc4o3)C2)C[C@@H]1O. The van der Waals surface area contributed by atoms with E-state index >= 15 is 0 Å². The van der Waals surface area contributed by atoms with Crippen molar-refractivity contribution in [3.63, 3.8) is 0 Å². The predicted octanol–water partition coefficient (Wildman–Crippen LogP) is 0.0524. The zero-order valence-corrected chi connectivity index (χ0v) is 13.5. The number of aliphatic hydroxyl groups excluding tert-OH is 3. The van der Waals surface area contributed by atoms with E-state index in [0.717, 1.165) is 37.2 Å². The monoisotopic (exact) mass is 333 g/mol. The van der Waals surface area contributed by atoms with E-state index in [0.29, 0.717) is 25.0 Å². The number of para-hydroxylation sites is 2. The Bertz CT molecular complexity index is 661. The van der Waals surface area contributed by atoms with Crippen molar-refractivity contribution < 1.29 is 19.7 Å². The van der Waals surface area contributed by atoms with Crippen LogP contribution in [-0.4, -0.2) is 76.2 Å². The van der Waals surface area contributed by atoms with Crippen LogP contribution in [0.4, 0.5) is 6.01 Å². The Hall–Kier alpha value is -1.67. The molecule has 4 atom stereocenters. The minimum absolute atomic E-state index is 0.400. The van der Waals surface area contributed by atoms with Gasteiger partial charge < -0.3 is 24.6 Å². The molecular formula is C17H23N3O4. The summed E-state index contributed by atoms with van der Waals surface area (Å²) in [5.41, 5.74) is 1.67. The summed E-state index contributed by atoms with van der Waals surface area (Å²) in [7, 11) is 0. The summed E-state index contributed by atoms with van der Waals surface area (Å²) < 4.78 is 5.83. The van der Waals surface area contributed by atoms with Crippen molar-refractivity contribution in [1.82, 2.24) is 9.88 Å². The minimum atomic E-state index is -1.04. The molecule has 4 rings (SSSR count). The average Bonchev–Trinajstić information content (AvgIpc) is 3.18. The number of piperidine rings is 1. The van der Waals surface area contributed by atoms with Crippen molar-refractivity contribution in [2.24, 2.45) is 5.92 Å². The second-order valence-corrected chi connectivity index (χ2v) is 6.91. The van der Waals surface area contributed by atoms with Gasteiger partial charge in [-0.2, -0.15) is 4.98 Å². The molecule has 3 heterocycles. The topological polar surface area (TPSA) is 93.2 Å². The average molecular weight is 333 g/mol. The molecule has 2 aliphatic heterocycles. The summed E-state index contributed by atoms with van der Waals surface area (Å²) in [4.78, 5) is 8.72. The van der Waals surface area contributed by atoms with Gasteiger partial charge in [0, 0.05) is 32.7 Å². The summed E-state index contributed by atoms with van der Waals surface area (Å²) in [5.74, 6) is 0.426. The number of fused-ring (bicyclic) bond motifs is 1. The van der Waals surface area contributed by atoms with E-state index in [2.05, 4.69) is 9.88 Å². The number of nitrogens with zero attached hydrogens (tertiary/aromatic N) is 3. The van der Waals surface area contributed by atoms with Gasteiger partial charge in [0.2, 0.25) is 0 Å². The Morgan fingerprint density at radius 2 is 1.83 bits per heavy atom. The van der Waals surface area contributed by atoms with Gasteiger partial charge in [-0.25, -0.2) is 0 Å². The summed E-state index contributed by atoms with van der Waals surface area (Å²) in [6.07, 6.45) is -1.79. The van der Waals surface area contributed by atoms with Crippen LogP contribution >= 0.6 is 0 Å². The van der Waals surface area contributed by atoms with Gasteiger partial charge >= 0.3 is 0 Å². The number of hydrogen-bond acceptors (Lipinski definition) is 7. The lowest BCUT2D eigenvalue weighted by Gasteiger charge is -2.37. The number of aliphatic hydroxyl groups is 3. The number of hydrogen-bond donors (Lipinski definition) is 3. The van der Waals surface area contributed by atoms with Crippen LogP contribution in [0, 0.1) is 5.92 Å². The molecule has 1 unspecified atom stereocenters. The maximum Gasteiger partial charge on any atom is 0.298 e. The minimum Gasteiger partial charge on any atom is -0.423 e. The summed E-state index contributed by atoms with van der Waals surface area (Å²) in [6, 6.07) is 8.40. The highest BCUT2D eigenvalue weighted by Gasteiger charge is 2.35. The standard InChI is InChI=1S/C17H23N3O4/c21-13-9-19(10-14(22)16(13)23)7-11-5-6-20(8-11)17-18-12-3-1-2-4-15(12)24-17/h1-4,11,13-14,16,21-23H,5-10H2/t11-,13-,14+,16?/m1/s1. The molecule has 2 saturated heterocycles. The lowest BCUT2D eigenvalue weighted by Crippen LogP contribution is -2.56. The first-order valence-electron chi connectivity index (χ1n) is 8.47.